The molecular formula is C32H16F4N4S. The van der Waals surface area contributed by atoms with Gasteiger partial charge in [-0.3, -0.25) is 0 Å². The molecule has 0 spiro atoms. The third kappa shape index (κ3) is 4.17. The number of pyridine rings is 1. The van der Waals surface area contributed by atoms with Crippen molar-refractivity contribution < 1.29 is 17.6 Å². The quantitative estimate of drug-likeness (QED) is 0.101. The topological polar surface area (TPSA) is 75.1 Å². The van der Waals surface area contributed by atoms with Crippen molar-refractivity contribution in [3.63, 3.8) is 0 Å². The second-order valence-corrected chi connectivity index (χ2v) is 9.45. The van der Waals surface area contributed by atoms with Gasteiger partial charge in [-0.05, 0) is 34.9 Å². The number of fused-ring (bicyclic) bond motifs is 3. The summed E-state index contributed by atoms with van der Waals surface area (Å²) in [5.74, 6) is -6.71. The van der Waals surface area contributed by atoms with E-state index in [-0.39, 0.29) is 5.56 Å². The molecule has 0 atom stereocenters. The van der Waals surface area contributed by atoms with E-state index >= 15 is 0 Å². The number of aromatic nitrogens is 1. The Balaban J connectivity index is 1.41. The summed E-state index contributed by atoms with van der Waals surface area (Å²) in [5, 5.41) is 11.4. The molecule has 9 heteroatoms. The minimum atomic E-state index is -1.73. The maximum Gasteiger partial charge on any atom is 0.180 e. The zero-order valence-corrected chi connectivity index (χ0v) is 21.7. The van der Waals surface area contributed by atoms with Crippen molar-refractivity contribution in [2.45, 2.75) is 0 Å². The summed E-state index contributed by atoms with van der Waals surface area (Å²) in [5.41, 5.74) is 8.72. The number of benzene rings is 5. The van der Waals surface area contributed by atoms with E-state index < -0.39 is 34.4 Å². The van der Waals surface area contributed by atoms with Crippen molar-refractivity contribution in [2.24, 2.45) is 4.36 Å². The van der Waals surface area contributed by atoms with Gasteiger partial charge in [-0.1, -0.05) is 66.7 Å². The number of rotatable bonds is 4. The van der Waals surface area contributed by atoms with Gasteiger partial charge in [0, 0.05) is 34.1 Å². The number of halogens is 4. The fraction of sp³-hybridized carbons (Fsp3) is 0. The van der Waals surface area contributed by atoms with Crippen LogP contribution in [-0.2, 0) is 12.4 Å². The van der Waals surface area contributed by atoms with E-state index in [1.54, 1.807) is 18.2 Å². The Morgan fingerprint density at radius 3 is 1.83 bits per heavy atom. The first kappa shape index (κ1) is 26.0. The van der Waals surface area contributed by atoms with Gasteiger partial charge in [-0.2, -0.15) is 9.62 Å². The van der Waals surface area contributed by atoms with E-state index in [4.69, 9.17) is 28.4 Å². The number of nitrogens with two attached hydrogens (primary N) is 1. The lowest BCUT2D eigenvalue weighted by atomic mass is 9.95. The molecule has 0 aliphatic carbocycles. The number of hydrogen-bond acceptors (Lipinski definition) is 5. The molecule has 41 heavy (non-hydrogen) atoms. The number of nitriles is 1. The number of anilines is 1. The molecule has 0 aliphatic rings. The van der Waals surface area contributed by atoms with Crippen LogP contribution >= 0.6 is 0 Å². The van der Waals surface area contributed by atoms with Crippen LogP contribution in [-0.4, -0.2) is 4.98 Å². The maximum atomic E-state index is 14.5. The van der Waals surface area contributed by atoms with Gasteiger partial charge in [0.05, 0.1) is 22.5 Å². The molecule has 4 nitrogen and oxygen atoms in total. The van der Waals surface area contributed by atoms with Crippen LogP contribution in [0.2, 0.25) is 0 Å². The first-order valence-corrected chi connectivity index (χ1v) is 12.6. The summed E-state index contributed by atoms with van der Waals surface area (Å²) in [6.45, 7) is 0. The van der Waals surface area contributed by atoms with Crippen LogP contribution in [0.1, 0.15) is 5.56 Å². The summed E-state index contributed by atoms with van der Waals surface area (Å²) in [7, 11) is 0. The lowest BCUT2D eigenvalue weighted by Gasteiger charge is -2.13. The molecule has 0 saturated heterocycles. The smallest absolute Gasteiger partial charge is 0.180 e. The van der Waals surface area contributed by atoms with Gasteiger partial charge in [-0.25, -0.2) is 22.5 Å². The zero-order chi connectivity index (χ0) is 28.8. The number of nitrogen functional groups attached to an aromatic ring is 1. The monoisotopic (exact) mass is 564 g/mol. The van der Waals surface area contributed by atoms with Gasteiger partial charge in [0.1, 0.15) is 17.3 Å². The van der Waals surface area contributed by atoms with E-state index in [0.29, 0.717) is 16.9 Å². The molecule has 2 N–H and O–H groups in total. The highest BCUT2D eigenvalue weighted by Crippen LogP contribution is 2.41. The van der Waals surface area contributed by atoms with E-state index in [2.05, 4.69) is 4.36 Å². The van der Waals surface area contributed by atoms with Gasteiger partial charge in [0.15, 0.2) is 23.3 Å². The number of hydrogen-bond donors (Lipinski definition) is 1. The predicted molar refractivity (Wildman–Crippen MR) is 154 cm³/mol. The Morgan fingerprint density at radius 2 is 1.24 bits per heavy atom. The molecule has 0 unspecified atom stereocenters. The van der Waals surface area contributed by atoms with Crippen LogP contribution in [0.25, 0.3) is 55.2 Å². The second-order valence-electron chi connectivity index (χ2n) is 9.27. The Bertz CT molecular complexity index is 2040. The highest BCUT2D eigenvalue weighted by atomic mass is 32.1. The summed E-state index contributed by atoms with van der Waals surface area (Å²) in [4.78, 5) is 4.90. The molecule has 0 fully saturated rings. The zero-order valence-electron chi connectivity index (χ0n) is 20.9. The molecule has 0 amide bonds. The molecule has 1 heterocycles. The van der Waals surface area contributed by atoms with Crippen molar-refractivity contribution in [2.75, 3.05) is 5.73 Å². The largest absolute Gasteiger partial charge is 0.397 e. The van der Waals surface area contributed by atoms with Crippen LogP contribution in [0, 0.1) is 34.6 Å². The molecule has 198 valence electrons. The molecule has 6 rings (SSSR count). The normalized spacial score (nSPS) is 11.1. The molecular weight excluding hydrogens is 548 g/mol. The van der Waals surface area contributed by atoms with Crippen molar-refractivity contribution >= 4 is 45.5 Å². The van der Waals surface area contributed by atoms with Gasteiger partial charge < -0.3 is 5.73 Å². The average Bonchev–Trinajstić information content (AvgIpc) is 3.00. The van der Waals surface area contributed by atoms with Crippen molar-refractivity contribution in [1.29, 1.82) is 5.26 Å². The Labute approximate surface area is 236 Å². The van der Waals surface area contributed by atoms with E-state index in [0.717, 1.165) is 44.6 Å². The van der Waals surface area contributed by atoms with Gasteiger partial charge in [-0.15, -0.1) is 0 Å². The lowest BCUT2D eigenvalue weighted by Crippen LogP contribution is -2.03. The average molecular weight is 565 g/mol. The molecule has 1 aromatic heterocycles. The number of para-hydroxylation sites is 1. The third-order valence-corrected chi connectivity index (χ3v) is 7.18. The fourth-order valence-corrected chi connectivity index (χ4v) is 5.19. The standard InChI is InChI=1S/C32H16F4N4S/c33-27-22(15-37)28(34)30(36)25(29(27)35)18-9-5-16(6-10-18)17-7-11-19(12-8-17)31-21-13-14-23(38)32(40-41)26(21)20-3-1-2-4-24(20)39-31/h1-14H,38H2. The van der Waals surface area contributed by atoms with Crippen LogP contribution in [0.4, 0.5) is 28.9 Å². The van der Waals surface area contributed by atoms with E-state index in [9.17, 15) is 17.6 Å². The fourth-order valence-electron chi connectivity index (χ4n) is 4.99. The lowest BCUT2D eigenvalue weighted by molar-refractivity contribution is 0.454. The molecule has 0 saturated carbocycles. The summed E-state index contributed by atoms with van der Waals surface area (Å²) < 4.78 is 61.3. The Kier molecular flexibility index (Phi) is 6.40. The first-order chi connectivity index (χ1) is 19.8. The maximum absolute atomic E-state index is 14.5. The molecule has 5 aromatic carbocycles. The van der Waals surface area contributed by atoms with Gasteiger partial charge in [0.25, 0.3) is 0 Å². The second kappa shape index (κ2) is 10.1. The van der Waals surface area contributed by atoms with Crippen molar-refractivity contribution in [3.05, 3.63) is 114 Å². The van der Waals surface area contributed by atoms with E-state index in [1.807, 2.05) is 54.6 Å². The minimum Gasteiger partial charge on any atom is -0.397 e. The summed E-state index contributed by atoms with van der Waals surface area (Å²) in [6, 6.07) is 25.9. The molecule has 0 aliphatic heterocycles. The van der Waals surface area contributed by atoms with E-state index in [1.165, 1.54) is 12.1 Å². The Hall–Kier alpha value is -5.20. The summed E-state index contributed by atoms with van der Waals surface area (Å²) >= 11 is 5.04. The number of nitrogens with zero attached hydrogens (tertiary/aromatic N) is 3. The molecule has 6 aromatic rings. The van der Waals surface area contributed by atoms with Crippen LogP contribution in [0.15, 0.2) is 89.3 Å². The van der Waals surface area contributed by atoms with Crippen LogP contribution in [0.3, 0.4) is 0 Å². The first-order valence-electron chi connectivity index (χ1n) is 12.3. The van der Waals surface area contributed by atoms with Crippen LogP contribution in [0.5, 0.6) is 0 Å². The SMILES string of the molecule is N#Cc1c(F)c(F)c(-c2ccc(-c3ccc(-c4nc5ccccc5c5c(N=S)c(N)ccc45)cc3)cc2)c(F)c1F. The minimum absolute atomic E-state index is 0.0725. The highest BCUT2D eigenvalue weighted by Gasteiger charge is 2.26. The Morgan fingerprint density at radius 1 is 0.683 bits per heavy atom. The van der Waals surface area contributed by atoms with Gasteiger partial charge in [0.2, 0.25) is 0 Å². The van der Waals surface area contributed by atoms with Gasteiger partial charge >= 0.3 is 0 Å². The predicted octanol–water partition coefficient (Wildman–Crippen LogP) is 8.76. The molecule has 0 radical (unpaired) electrons. The molecule has 0 bridgehead atoms. The van der Waals surface area contributed by atoms with Crippen LogP contribution < -0.4 is 5.73 Å². The highest BCUT2D eigenvalue weighted by molar-refractivity contribution is 7.47. The van der Waals surface area contributed by atoms with Crippen molar-refractivity contribution in [1.82, 2.24) is 4.98 Å². The third-order valence-electron chi connectivity index (χ3n) is 7.00. The van der Waals surface area contributed by atoms with Crippen molar-refractivity contribution in [3.8, 4) is 39.6 Å². The summed E-state index contributed by atoms with van der Waals surface area (Å²) in [6.07, 6.45) is 0.